The molecule has 2 heterocycles. The maximum absolute atomic E-state index is 10.8. The van der Waals surface area contributed by atoms with Gasteiger partial charge in [-0.25, -0.2) is 4.79 Å². The largest absolute Gasteiger partial charge is 0.406 e. The van der Waals surface area contributed by atoms with Crippen molar-refractivity contribution >= 4 is 18.5 Å². The molecule has 2 N–H and O–H groups in total. The Bertz CT molecular complexity index is 321. The first-order valence-corrected chi connectivity index (χ1v) is 3.73. The lowest BCUT2D eigenvalue weighted by Crippen LogP contribution is -2.42. The highest BCUT2D eigenvalue weighted by molar-refractivity contribution is 5.86. The fraction of sp³-hybridized carbons (Fsp3) is 0.286. The second-order valence-electron chi connectivity index (χ2n) is 2.57. The minimum Gasteiger partial charge on any atom is -0.406 e. The number of carbonyl (C=O) groups is 2. The van der Waals surface area contributed by atoms with E-state index in [1.807, 2.05) is 0 Å². The molecule has 6 heteroatoms. The van der Waals surface area contributed by atoms with Crippen LogP contribution in [-0.2, 0) is 14.3 Å². The fourth-order valence-electron chi connectivity index (χ4n) is 1.06. The van der Waals surface area contributed by atoms with Crippen LogP contribution in [0, 0.1) is 0 Å². The molecular weight excluding hydrogens is 174 g/mol. The third-order valence-corrected chi connectivity index (χ3v) is 1.66. The molecule has 0 spiro atoms. The molecule has 2 rings (SSSR count). The minimum atomic E-state index is -0.661. The lowest BCUT2D eigenvalue weighted by atomic mass is 10.3. The number of aliphatic imine (C=N–C) groups is 1. The van der Waals surface area contributed by atoms with Crippen molar-refractivity contribution in [3.63, 3.8) is 0 Å². The normalized spacial score (nSPS) is 25.5. The van der Waals surface area contributed by atoms with Gasteiger partial charge < -0.3 is 15.4 Å². The van der Waals surface area contributed by atoms with Crippen LogP contribution >= 0.6 is 0 Å². The zero-order chi connectivity index (χ0) is 9.26. The fourth-order valence-corrected chi connectivity index (χ4v) is 1.06. The number of ether oxygens (including phenoxy) is 1. The first kappa shape index (κ1) is 7.78. The van der Waals surface area contributed by atoms with E-state index in [4.69, 9.17) is 4.74 Å². The predicted molar refractivity (Wildman–Crippen MR) is 42.6 cm³/mol. The molecule has 0 saturated carbocycles. The number of aldehydes is 1. The van der Waals surface area contributed by atoms with Gasteiger partial charge in [0.15, 0.2) is 12.5 Å². The van der Waals surface area contributed by atoms with Gasteiger partial charge in [-0.15, -0.1) is 0 Å². The second kappa shape index (κ2) is 2.89. The number of carbonyl (C=O) groups excluding carboxylic acids is 2. The topological polar surface area (TPSA) is 79.8 Å². The molecular formula is C7H7N3O3. The number of esters is 1. The molecule has 6 nitrogen and oxygen atoms in total. The van der Waals surface area contributed by atoms with Crippen LogP contribution in [0.5, 0.6) is 0 Å². The summed E-state index contributed by atoms with van der Waals surface area (Å²) in [7, 11) is 0. The van der Waals surface area contributed by atoms with Crippen LogP contribution in [0.4, 0.5) is 0 Å². The van der Waals surface area contributed by atoms with E-state index in [1.165, 1.54) is 6.21 Å². The monoisotopic (exact) mass is 181 g/mol. The van der Waals surface area contributed by atoms with Gasteiger partial charge in [0.2, 0.25) is 5.88 Å². The van der Waals surface area contributed by atoms with Crippen molar-refractivity contribution in [1.82, 2.24) is 10.6 Å². The van der Waals surface area contributed by atoms with E-state index in [9.17, 15) is 9.59 Å². The Hall–Kier alpha value is -1.85. The zero-order valence-corrected chi connectivity index (χ0v) is 6.61. The summed E-state index contributed by atoms with van der Waals surface area (Å²) in [5, 5.41) is 5.44. The highest BCUT2D eigenvalue weighted by Gasteiger charge is 2.23. The molecule has 0 aromatic carbocycles. The first-order chi connectivity index (χ1) is 6.29. The number of nitrogens with zero attached hydrogens (tertiary/aromatic N) is 1. The van der Waals surface area contributed by atoms with Crippen molar-refractivity contribution in [2.75, 3.05) is 6.54 Å². The van der Waals surface area contributed by atoms with E-state index >= 15 is 0 Å². The smallest absolute Gasteiger partial charge is 0.332 e. The molecule has 0 saturated heterocycles. The average Bonchev–Trinajstić information content (AvgIpc) is 2.16. The molecule has 13 heavy (non-hydrogen) atoms. The van der Waals surface area contributed by atoms with Crippen molar-refractivity contribution < 1.29 is 14.3 Å². The van der Waals surface area contributed by atoms with Gasteiger partial charge in [0.1, 0.15) is 12.2 Å². The van der Waals surface area contributed by atoms with Crippen LogP contribution in [0.1, 0.15) is 0 Å². The highest BCUT2D eigenvalue weighted by Crippen LogP contribution is 2.09. The van der Waals surface area contributed by atoms with E-state index in [-0.39, 0.29) is 18.4 Å². The first-order valence-electron chi connectivity index (χ1n) is 3.73. The van der Waals surface area contributed by atoms with Gasteiger partial charge in [-0.05, 0) is 0 Å². The average molecular weight is 181 g/mol. The van der Waals surface area contributed by atoms with E-state index in [2.05, 4.69) is 15.6 Å². The summed E-state index contributed by atoms with van der Waals surface area (Å²) in [5.74, 6) is -0.116. The molecule has 0 bridgehead atoms. The lowest BCUT2D eigenvalue weighted by Gasteiger charge is -2.24. The molecule has 0 aromatic rings. The molecule has 2 aliphatic rings. The quantitative estimate of drug-likeness (QED) is 0.380. The van der Waals surface area contributed by atoms with Crippen molar-refractivity contribution in [2.24, 2.45) is 4.99 Å². The van der Waals surface area contributed by atoms with Crippen molar-refractivity contribution in [3.05, 3.63) is 11.6 Å². The van der Waals surface area contributed by atoms with E-state index in [0.29, 0.717) is 12.0 Å². The standard InChI is InChI=1S/C7H7N3O3/c11-3-5-9-1-4-7(10-5)13-6(12)2-8-4/h1,3,5,8,10H,2H2. The molecule has 0 radical (unpaired) electrons. The number of nitrogens with one attached hydrogen (secondary N) is 2. The summed E-state index contributed by atoms with van der Waals surface area (Å²) in [5.41, 5.74) is 0.595. The van der Waals surface area contributed by atoms with E-state index < -0.39 is 6.17 Å². The predicted octanol–water partition coefficient (Wildman–Crippen LogP) is -1.50. The van der Waals surface area contributed by atoms with Crippen LogP contribution in [0.25, 0.3) is 0 Å². The Morgan fingerprint density at radius 3 is 3.31 bits per heavy atom. The summed E-state index contributed by atoms with van der Waals surface area (Å²) in [6.07, 6.45) is 1.44. The molecule has 0 aromatic heterocycles. The minimum absolute atomic E-state index is 0.123. The Kier molecular flexibility index (Phi) is 1.73. The highest BCUT2D eigenvalue weighted by atomic mass is 16.6. The van der Waals surface area contributed by atoms with Gasteiger partial charge in [-0.1, -0.05) is 0 Å². The molecule has 1 atom stereocenters. The van der Waals surface area contributed by atoms with Gasteiger partial charge in [0.25, 0.3) is 0 Å². The molecule has 68 valence electrons. The van der Waals surface area contributed by atoms with Crippen molar-refractivity contribution in [1.29, 1.82) is 0 Å². The third-order valence-electron chi connectivity index (χ3n) is 1.66. The number of allylic oxidation sites excluding steroid dienone is 1. The Morgan fingerprint density at radius 1 is 1.69 bits per heavy atom. The van der Waals surface area contributed by atoms with Crippen molar-refractivity contribution in [2.45, 2.75) is 6.17 Å². The maximum atomic E-state index is 10.8. The molecule has 2 aliphatic heterocycles. The van der Waals surface area contributed by atoms with Crippen LogP contribution in [0.2, 0.25) is 0 Å². The van der Waals surface area contributed by atoms with Gasteiger partial charge in [-0.3, -0.25) is 9.79 Å². The summed E-state index contributed by atoms with van der Waals surface area (Å²) in [6.45, 7) is 0.123. The molecule has 0 fully saturated rings. The van der Waals surface area contributed by atoms with Crippen LogP contribution < -0.4 is 10.6 Å². The van der Waals surface area contributed by atoms with Crippen LogP contribution in [0.15, 0.2) is 16.6 Å². The summed E-state index contributed by atoms with van der Waals surface area (Å²) in [4.78, 5) is 25.0. The van der Waals surface area contributed by atoms with Crippen molar-refractivity contribution in [3.8, 4) is 0 Å². The Balaban J connectivity index is 2.20. The van der Waals surface area contributed by atoms with Gasteiger partial charge in [0.05, 0.1) is 6.21 Å². The second-order valence-corrected chi connectivity index (χ2v) is 2.57. The Morgan fingerprint density at radius 2 is 2.54 bits per heavy atom. The van der Waals surface area contributed by atoms with Crippen LogP contribution in [0.3, 0.4) is 0 Å². The Labute approximate surface area is 73.7 Å². The number of rotatable bonds is 1. The number of hydrogen-bond donors (Lipinski definition) is 2. The zero-order valence-electron chi connectivity index (χ0n) is 6.61. The molecule has 1 unspecified atom stereocenters. The van der Waals surface area contributed by atoms with Gasteiger partial charge in [-0.2, -0.15) is 0 Å². The third kappa shape index (κ3) is 1.37. The summed E-state index contributed by atoms with van der Waals surface area (Å²) < 4.78 is 4.84. The SMILES string of the molecule is O=CC1N=CC2=C(N1)OC(=O)CN2. The van der Waals surface area contributed by atoms with E-state index in [0.717, 1.165) is 0 Å². The van der Waals surface area contributed by atoms with Gasteiger partial charge >= 0.3 is 5.97 Å². The molecule has 0 aliphatic carbocycles. The number of hydrogen-bond acceptors (Lipinski definition) is 6. The van der Waals surface area contributed by atoms with Gasteiger partial charge in [0, 0.05) is 0 Å². The summed E-state index contributed by atoms with van der Waals surface area (Å²) in [6, 6.07) is 0. The molecule has 0 amide bonds. The van der Waals surface area contributed by atoms with Crippen LogP contribution in [-0.4, -0.2) is 31.2 Å². The lowest BCUT2D eigenvalue weighted by molar-refractivity contribution is -0.140. The summed E-state index contributed by atoms with van der Waals surface area (Å²) >= 11 is 0. The maximum Gasteiger partial charge on any atom is 0.332 e. The van der Waals surface area contributed by atoms with E-state index in [1.54, 1.807) is 0 Å².